The molecule has 2 atom stereocenters. The highest BCUT2D eigenvalue weighted by atomic mass is 14.8. The highest BCUT2D eigenvalue weighted by molar-refractivity contribution is 5.85. The van der Waals surface area contributed by atoms with Crippen LogP contribution in [0.3, 0.4) is 0 Å². The summed E-state index contributed by atoms with van der Waals surface area (Å²) in [7, 11) is 0. The fourth-order valence-electron chi connectivity index (χ4n) is 3.66. The van der Waals surface area contributed by atoms with E-state index in [9.17, 15) is 0 Å². The van der Waals surface area contributed by atoms with Crippen LogP contribution >= 0.6 is 0 Å². The van der Waals surface area contributed by atoms with Crippen LogP contribution < -0.4 is 0 Å². The first-order chi connectivity index (χ1) is 5.81. The summed E-state index contributed by atoms with van der Waals surface area (Å²) in [6, 6.07) is 0.723. The van der Waals surface area contributed by atoms with Gasteiger partial charge in [-0.15, -0.1) is 0 Å². The van der Waals surface area contributed by atoms with Crippen LogP contribution in [0, 0.1) is 17.8 Å². The van der Waals surface area contributed by atoms with E-state index in [0.29, 0.717) is 0 Å². The van der Waals surface area contributed by atoms with Crippen molar-refractivity contribution >= 4 is 5.71 Å². The Morgan fingerprint density at radius 3 is 2.33 bits per heavy atom. The van der Waals surface area contributed by atoms with Crippen molar-refractivity contribution in [2.24, 2.45) is 22.7 Å². The molecule has 0 spiro atoms. The van der Waals surface area contributed by atoms with Crippen molar-refractivity contribution < 1.29 is 0 Å². The second kappa shape index (κ2) is 2.34. The molecule has 0 aromatic carbocycles. The van der Waals surface area contributed by atoms with Gasteiger partial charge in [-0.1, -0.05) is 0 Å². The fourth-order valence-corrected chi connectivity index (χ4v) is 3.66. The average Bonchev–Trinajstić information content (AvgIpc) is 2.16. The van der Waals surface area contributed by atoms with Crippen LogP contribution in [0.4, 0.5) is 0 Å². The fraction of sp³-hybridized carbons (Fsp3) is 0.909. The highest BCUT2D eigenvalue weighted by Gasteiger charge is 2.39. The Morgan fingerprint density at radius 2 is 1.67 bits per heavy atom. The lowest BCUT2D eigenvalue weighted by Gasteiger charge is -2.37. The summed E-state index contributed by atoms with van der Waals surface area (Å²) in [5, 5.41) is 0. The van der Waals surface area contributed by atoms with Crippen molar-refractivity contribution in [1.29, 1.82) is 0 Å². The Labute approximate surface area is 74.3 Å². The molecular weight excluding hydrogens is 146 g/mol. The summed E-state index contributed by atoms with van der Waals surface area (Å²) in [6.45, 7) is 2.26. The van der Waals surface area contributed by atoms with E-state index in [1.807, 2.05) is 0 Å². The standard InChI is InChI=1S/C11H17N/c1-7-10-3-8-2-9(4-10)6-11(5-8)12-7/h8-11H,2-6H2,1H3. The summed E-state index contributed by atoms with van der Waals surface area (Å²) in [5.74, 6) is 2.95. The van der Waals surface area contributed by atoms with Gasteiger partial charge in [-0.05, 0) is 56.8 Å². The second-order valence-corrected chi connectivity index (χ2v) is 5.03. The third-order valence-electron chi connectivity index (χ3n) is 4.09. The van der Waals surface area contributed by atoms with Gasteiger partial charge in [0.05, 0.1) is 6.04 Å². The smallest absolute Gasteiger partial charge is 0.0504 e. The Hall–Kier alpha value is -0.330. The van der Waals surface area contributed by atoms with Gasteiger partial charge in [-0.2, -0.15) is 0 Å². The summed E-state index contributed by atoms with van der Waals surface area (Å²) in [6.07, 6.45) is 7.26. The summed E-state index contributed by atoms with van der Waals surface area (Å²) < 4.78 is 0. The normalized spacial score (nSPS) is 50.6. The Balaban J connectivity index is 1.98. The monoisotopic (exact) mass is 163 g/mol. The lowest BCUT2D eigenvalue weighted by molar-refractivity contribution is 0.162. The van der Waals surface area contributed by atoms with E-state index in [1.54, 1.807) is 0 Å². The van der Waals surface area contributed by atoms with Gasteiger partial charge in [0, 0.05) is 5.71 Å². The molecule has 2 unspecified atom stereocenters. The van der Waals surface area contributed by atoms with E-state index in [-0.39, 0.29) is 0 Å². The third kappa shape index (κ3) is 0.949. The zero-order valence-corrected chi connectivity index (χ0v) is 7.79. The maximum Gasteiger partial charge on any atom is 0.0504 e. The maximum absolute atomic E-state index is 4.84. The van der Waals surface area contributed by atoms with Crippen molar-refractivity contribution in [3.63, 3.8) is 0 Å². The molecule has 2 heterocycles. The summed E-state index contributed by atoms with van der Waals surface area (Å²) in [4.78, 5) is 4.84. The summed E-state index contributed by atoms with van der Waals surface area (Å²) >= 11 is 0. The topological polar surface area (TPSA) is 12.4 Å². The van der Waals surface area contributed by atoms with Crippen LogP contribution in [-0.2, 0) is 0 Å². The maximum atomic E-state index is 4.84. The van der Waals surface area contributed by atoms with Gasteiger partial charge in [-0.3, -0.25) is 4.99 Å². The van der Waals surface area contributed by atoms with E-state index in [0.717, 1.165) is 23.8 Å². The van der Waals surface area contributed by atoms with Gasteiger partial charge in [0.1, 0.15) is 0 Å². The van der Waals surface area contributed by atoms with Crippen LogP contribution in [-0.4, -0.2) is 11.8 Å². The van der Waals surface area contributed by atoms with Gasteiger partial charge >= 0.3 is 0 Å². The van der Waals surface area contributed by atoms with Gasteiger partial charge in [0.25, 0.3) is 0 Å². The van der Waals surface area contributed by atoms with Crippen LogP contribution in [0.5, 0.6) is 0 Å². The van der Waals surface area contributed by atoms with E-state index in [2.05, 4.69) is 6.92 Å². The Morgan fingerprint density at radius 1 is 1.00 bits per heavy atom. The second-order valence-electron chi connectivity index (χ2n) is 5.03. The van der Waals surface area contributed by atoms with Gasteiger partial charge in [-0.25, -0.2) is 0 Å². The minimum Gasteiger partial charge on any atom is -0.291 e. The molecule has 0 radical (unpaired) electrons. The molecular formula is C11H17N. The van der Waals surface area contributed by atoms with Crippen LogP contribution in [0.15, 0.2) is 4.99 Å². The minimum atomic E-state index is 0.723. The van der Waals surface area contributed by atoms with Gasteiger partial charge in [0.2, 0.25) is 0 Å². The Kier molecular flexibility index (Phi) is 1.38. The van der Waals surface area contributed by atoms with Crippen molar-refractivity contribution in [3.05, 3.63) is 0 Å². The molecule has 66 valence electrons. The molecule has 2 saturated carbocycles. The lowest BCUT2D eigenvalue weighted by atomic mass is 9.67. The van der Waals surface area contributed by atoms with Crippen molar-refractivity contribution in [1.82, 2.24) is 0 Å². The molecule has 4 aliphatic rings. The zero-order valence-electron chi connectivity index (χ0n) is 7.79. The quantitative estimate of drug-likeness (QED) is 0.520. The molecule has 2 fully saturated rings. The summed E-state index contributed by atoms with van der Waals surface area (Å²) in [5.41, 5.74) is 1.48. The molecule has 1 nitrogen and oxygen atoms in total. The molecule has 1 heteroatoms. The molecule has 2 aliphatic carbocycles. The molecule has 0 amide bonds. The third-order valence-corrected chi connectivity index (χ3v) is 4.09. The molecule has 12 heavy (non-hydrogen) atoms. The van der Waals surface area contributed by atoms with E-state index < -0.39 is 0 Å². The molecule has 0 N–H and O–H groups in total. The largest absolute Gasteiger partial charge is 0.291 e. The number of hydrogen-bond donors (Lipinski definition) is 0. The van der Waals surface area contributed by atoms with Crippen molar-refractivity contribution in [3.8, 4) is 0 Å². The van der Waals surface area contributed by atoms with Gasteiger partial charge < -0.3 is 0 Å². The number of aliphatic imine (C=N–C) groups is 1. The van der Waals surface area contributed by atoms with E-state index in [4.69, 9.17) is 4.99 Å². The van der Waals surface area contributed by atoms with Crippen LogP contribution in [0.25, 0.3) is 0 Å². The molecule has 2 aliphatic heterocycles. The number of nitrogens with zero attached hydrogens (tertiary/aromatic N) is 1. The predicted octanol–water partition coefficient (Wildman–Crippen LogP) is 2.66. The molecule has 0 saturated heterocycles. The SMILES string of the molecule is CC1=NC2CC3CC(C2)CC1C3. The van der Waals surface area contributed by atoms with Crippen molar-refractivity contribution in [2.75, 3.05) is 0 Å². The number of rotatable bonds is 0. The van der Waals surface area contributed by atoms with Gasteiger partial charge in [0.15, 0.2) is 0 Å². The van der Waals surface area contributed by atoms with Crippen molar-refractivity contribution in [2.45, 2.75) is 45.1 Å². The first-order valence-electron chi connectivity index (χ1n) is 5.35. The minimum absolute atomic E-state index is 0.723. The Bertz CT molecular complexity index is 217. The number of hydrogen-bond acceptors (Lipinski definition) is 1. The first kappa shape index (κ1) is 7.11. The van der Waals surface area contributed by atoms with Crippen LogP contribution in [0.1, 0.15) is 39.0 Å². The molecule has 4 bridgehead atoms. The first-order valence-corrected chi connectivity index (χ1v) is 5.35. The molecule has 0 aromatic heterocycles. The van der Waals surface area contributed by atoms with E-state index >= 15 is 0 Å². The van der Waals surface area contributed by atoms with E-state index in [1.165, 1.54) is 37.8 Å². The highest BCUT2D eigenvalue weighted by Crippen LogP contribution is 2.46. The molecule has 0 aromatic rings. The predicted molar refractivity (Wildman–Crippen MR) is 50.5 cm³/mol. The van der Waals surface area contributed by atoms with Crippen LogP contribution in [0.2, 0.25) is 0 Å². The molecule has 4 rings (SSSR count). The zero-order chi connectivity index (χ0) is 8.13. The lowest BCUT2D eigenvalue weighted by Crippen LogP contribution is -2.30. The average molecular weight is 163 g/mol.